The third-order valence-electron chi connectivity index (χ3n) is 3.99. The Morgan fingerprint density at radius 2 is 1.76 bits per heavy atom. The van der Waals surface area contributed by atoms with Crippen LogP contribution >= 0.6 is 15.9 Å². The quantitative estimate of drug-likeness (QED) is 0.564. The number of rotatable bonds is 10. The van der Waals surface area contributed by atoms with Crippen LogP contribution in [0.2, 0.25) is 0 Å². The number of halogens is 2. The predicted molar refractivity (Wildman–Crippen MR) is 93.2 cm³/mol. The summed E-state index contributed by atoms with van der Waals surface area (Å²) in [5.41, 5.74) is 0.815. The first-order chi connectivity index (χ1) is 10.1. The van der Waals surface area contributed by atoms with E-state index in [0.29, 0.717) is 12.0 Å². The maximum absolute atomic E-state index is 14.0. The second-order valence-electron chi connectivity index (χ2n) is 5.84. The van der Waals surface area contributed by atoms with Crippen molar-refractivity contribution in [1.82, 2.24) is 5.32 Å². The fourth-order valence-electron chi connectivity index (χ4n) is 2.96. The number of benzene rings is 1. The van der Waals surface area contributed by atoms with Crippen LogP contribution in [0.15, 0.2) is 22.7 Å². The molecule has 1 aromatic rings. The monoisotopic (exact) mass is 357 g/mol. The Kier molecular flexibility index (Phi) is 9.18. The molecule has 3 heteroatoms. The van der Waals surface area contributed by atoms with Gasteiger partial charge in [-0.15, -0.1) is 0 Å². The molecule has 0 saturated carbocycles. The fraction of sp³-hybridized carbons (Fsp3) is 0.667. The van der Waals surface area contributed by atoms with E-state index in [4.69, 9.17) is 0 Å². The second-order valence-corrected chi connectivity index (χ2v) is 6.75. The lowest BCUT2D eigenvalue weighted by molar-refractivity contribution is 0.306. The standard InChI is InChI=1S/C18H29BrFN/c1-4-7-14(8-5-2)18(21-11-6-3)13-15-12-16(19)9-10-17(15)20/h9-10,12,14,18,21H,4-8,11,13H2,1-3H3. The van der Waals surface area contributed by atoms with Crippen LogP contribution in [0.4, 0.5) is 4.39 Å². The molecule has 0 spiro atoms. The van der Waals surface area contributed by atoms with Crippen molar-refractivity contribution in [3.63, 3.8) is 0 Å². The molecule has 120 valence electrons. The van der Waals surface area contributed by atoms with Crippen molar-refractivity contribution >= 4 is 15.9 Å². The molecule has 1 atom stereocenters. The summed E-state index contributed by atoms with van der Waals surface area (Å²) in [7, 11) is 0. The van der Waals surface area contributed by atoms with Crippen molar-refractivity contribution < 1.29 is 4.39 Å². The van der Waals surface area contributed by atoms with Crippen molar-refractivity contribution in [3.05, 3.63) is 34.1 Å². The van der Waals surface area contributed by atoms with Gasteiger partial charge in [-0.05, 0) is 61.9 Å². The Morgan fingerprint density at radius 3 is 2.33 bits per heavy atom. The third-order valence-corrected chi connectivity index (χ3v) is 4.49. The summed E-state index contributed by atoms with van der Waals surface area (Å²) < 4.78 is 15.0. The smallest absolute Gasteiger partial charge is 0.126 e. The molecule has 21 heavy (non-hydrogen) atoms. The first-order valence-corrected chi connectivity index (χ1v) is 9.08. The van der Waals surface area contributed by atoms with Gasteiger partial charge < -0.3 is 5.32 Å². The van der Waals surface area contributed by atoms with E-state index in [1.54, 1.807) is 12.1 Å². The summed E-state index contributed by atoms with van der Waals surface area (Å²) in [6, 6.07) is 5.62. The van der Waals surface area contributed by atoms with Gasteiger partial charge in [0.25, 0.3) is 0 Å². The number of nitrogens with one attached hydrogen (secondary N) is 1. The van der Waals surface area contributed by atoms with E-state index in [1.165, 1.54) is 25.7 Å². The average Bonchev–Trinajstić information content (AvgIpc) is 2.47. The van der Waals surface area contributed by atoms with E-state index < -0.39 is 0 Å². The maximum atomic E-state index is 14.0. The van der Waals surface area contributed by atoms with E-state index in [-0.39, 0.29) is 5.82 Å². The Morgan fingerprint density at radius 1 is 1.10 bits per heavy atom. The van der Waals surface area contributed by atoms with E-state index in [9.17, 15) is 4.39 Å². The molecular weight excluding hydrogens is 329 g/mol. The molecule has 1 rings (SSSR count). The van der Waals surface area contributed by atoms with Gasteiger partial charge in [-0.1, -0.05) is 49.5 Å². The highest BCUT2D eigenvalue weighted by Gasteiger charge is 2.21. The number of hydrogen-bond donors (Lipinski definition) is 1. The van der Waals surface area contributed by atoms with E-state index in [2.05, 4.69) is 42.0 Å². The van der Waals surface area contributed by atoms with E-state index in [1.807, 2.05) is 6.07 Å². The summed E-state index contributed by atoms with van der Waals surface area (Å²) in [5, 5.41) is 3.65. The molecule has 0 aliphatic heterocycles. The van der Waals surface area contributed by atoms with Crippen molar-refractivity contribution in [2.24, 2.45) is 5.92 Å². The van der Waals surface area contributed by atoms with Crippen LogP contribution in [-0.4, -0.2) is 12.6 Å². The second kappa shape index (κ2) is 10.3. The maximum Gasteiger partial charge on any atom is 0.126 e. The molecule has 1 unspecified atom stereocenters. The zero-order valence-electron chi connectivity index (χ0n) is 13.6. The summed E-state index contributed by atoms with van der Waals surface area (Å²) >= 11 is 3.45. The van der Waals surface area contributed by atoms with Gasteiger partial charge >= 0.3 is 0 Å². The van der Waals surface area contributed by atoms with E-state index in [0.717, 1.165) is 29.4 Å². The van der Waals surface area contributed by atoms with Crippen molar-refractivity contribution in [3.8, 4) is 0 Å². The minimum absolute atomic E-state index is 0.0896. The van der Waals surface area contributed by atoms with Gasteiger partial charge in [0, 0.05) is 10.5 Å². The zero-order valence-corrected chi connectivity index (χ0v) is 15.2. The van der Waals surface area contributed by atoms with Gasteiger partial charge in [-0.2, -0.15) is 0 Å². The molecular formula is C18H29BrFN. The van der Waals surface area contributed by atoms with Crippen molar-refractivity contribution in [1.29, 1.82) is 0 Å². The highest BCUT2D eigenvalue weighted by atomic mass is 79.9. The Balaban J connectivity index is 2.86. The fourth-order valence-corrected chi connectivity index (χ4v) is 3.37. The van der Waals surface area contributed by atoms with Gasteiger partial charge in [0.2, 0.25) is 0 Å². The topological polar surface area (TPSA) is 12.0 Å². The third kappa shape index (κ3) is 6.48. The molecule has 0 fully saturated rings. The van der Waals surface area contributed by atoms with Crippen LogP contribution in [0.1, 0.15) is 58.4 Å². The minimum Gasteiger partial charge on any atom is -0.313 e. The lowest BCUT2D eigenvalue weighted by Crippen LogP contribution is -2.38. The summed E-state index contributed by atoms with van der Waals surface area (Å²) in [5.74, 6) is 0.540. The Hall–Kier alpha value is -0.410. The van der Waals surface area contributed by atoms with Crippen LogP contribution in [0.25, 0.3) is 0 Å². The molecule has 0 bridgehead atoms. The van der Waals surface area contributed by atoms with Gasteiger partial charge in [0.05, 0.1) is 0 Å². The van der Waals surface area contributed by atoms with Crippen molar-refractivity contribution in [2.75, 3.05) is 6.54 Å². The molecule has 0 saturated heterocycles. The summed E-state index contributed by atoms with van der Waals surface area (Å²) in [6.45, 7) is 7.65. The van der Waals surface area contributed by atoms with Crippen LogP contribution in [0, 0.1) is 11.7 Å². The molecule has 0 aliphatic carbocycles. The molecule has 0 amide bonds. The molecule has 0 aromatic heterocycles. The van der Waals surface area contributed by atoms with Crippen LogP contribution < -0.4 is 5.32 Å². The lowest BCUT2D eigenvalue weighted by Gasteiger charge is -2.28. The SMILES string of the molecule is CCCNC(Cc1cc(Br)ccc1F)C(CCC)CCC. The highest BCUT2D eigenvalue weighted by molar-refractivity contribution is 9.10. The molecule has 1 N–H and O–H groups in total. The van der Waals surface area contributed by atoms with Gasteiger partial charge in [0.1, 0.15) is 5.82 Å². The normalized spacial score (nSPS) is 12.9. The van der Waals surface area contributed by atoms with Crippen LogP contribution in [0.3, 0.4) is 0 Å². The number of hydrogen-bond acceptors (Lipinski definition) is 1. The summed E-state index contributed by atoms with van der Waals surface area (Å²) in [4.78, 5) is 0. The van der Waals surface area contributed by atoms with Gasteiger partial charge in [-0.25, -0.2) is 4.39 Å². The Labute approximate surface area is 137 Å². The first kappa shape index (κ1) is 18.6. The molecule has 1 nitrogen and oxygen atoms in total. The molecule has 1 aromatic carbocycles. The highest BCUT2D eigenvalue weighted by Crippen LogP contribution is 2.24. The molecule has 0 heterocycles. The predicted octanol–water partition coefficient (Wildman–Crippen LogP) is 5.72. The molecule has 0 aliphatic rings. The van der Waals surface area contributed by atoms with Crippen molar-refractivity contribution in [2.45, 2.75) is 65.3 Å². The van der Waals surface area contributed by atoms with Crippen LogP contribution in [-0.2, 0) is 6.42 Å². The summed E-state index contributed by atoms with van der Waals surface area (Å²) in [6.07, 6.45) is 6.69. The largest absolute Gasteiger partial charge is 0.313 e. The van der Waals surface area contributed by atoms with E-state index >= 15 is 0 Å². The Bertz CT molecular complexity index is 402. The lowest BCUT2D eigenvalue weighted by atomic mass is 9.86. The zero-order chi connectivity index (χ0) is 15.7. The molecule has 0 radical (unpaired) electrons. The first-order valence-electron chi connectivity index (χ1n) is 8.29. The minimum atomic E-state index is -0.0896. The van der Waals surface area contributed by atoms with Crippen LogP contribution in [0.5, 0.6) is 0 Å². The van der Waals surface area contributed by atoms with Gasteiger partial charge in [-0.3, -0.25) is 0 Å². The van der Waals surface area contributed by atoms with Gasteiger partial charge in [0.15, 0.2) is 0 Å². The average molecular weight is 358 g/mol.